The van der Waals surface area contributed by atoms with Gasteiger partial charge in [0, 0.05) is 5.41 Å². The number of hydrogen-bond donors (Lipinski definition) is 1. The topological polar surface area (TPSA) is 21.3 Å². The van der Waals surface area contributed by atoms with Gasteiger partial charge in [0.25, 0.3) is 0 Å². The molecular formula is C7H13NO. The lowest BCUT2D eigenvalue weighted by Crippen LogP contribution is -2.13. The molecule has 2 nitrogen and oxygen atoms in total. The molecule has 1 N–H and O–H groups in total. The molecule has 1 heterocycles. The Morgan fingerprint density at radius 2 is 2.22 bits per heavy atom. The van der Waals surface area contributed by atoms with Crippen LogP contribution in [0.5, 0.6) is 0 Å². The van der Waals surface area contributed by atoms with Crippen LogP contribution in [0.2, 0.25) is 0 Å². The van der Waals surface area contributed by atoms with Gasteiger partial charge in [0.15, 0.2) is 0 Å². The Balaban J connectivity index is 2.61. The third kappa shape index (κ3) is 1.45. The number of rotatable bonds is 0. The van der Waals surface area contributed by atoms with Crippen LogP contribution in [-0.4, -0.2) is 6.54 Å². The summed E-state index contributed by atoms with van der Waals surface area (Å²) in [5.41, 5.74) is 2.94. The van der Waals surface area contributed by atoms with Gasteiger partial charge in [-0.3, -0.25) is 0 Å². The number of hydroxylamine groups is 1. The highest BCUT2D eigenvalue weighted by Crippen LogP contribution is 2.26. The maximum absolute atomic E-state index is 5.13. The van der Waals surface area contributed by atoms with Gasteiger partial charge in [0.2, 0.25) is 0 Å². The largest absolute Gasteiger partial charge is 0.413 e. The standard InChI is InChI=1S/C7H13NO/c1-7(2,3)6-4-5-8-9-6/h4,8H,5H2,1-3H3. The first kappa shape index (κ1) is 6.62. The Kier molecular flexibility index (Phi) is 1.49. The van der Waals surface area contributed by atoms with E-state index in [-0.39, 0.29) is 5.41 Å². The van der Waals surface area contributed by atoms with Crippen molar-refractivity contribution < 1.29 is 4.84 Å². The summed E-state index contributed by atoms with van der Waals surface area (Å²) in [5.74, 6) is 1.04. The second-order valence-electron chi connectivity index (χ2n) is 3.27. The Morgan fingerprint density at radius 3 is 2.44 bits per heavy atom. The van der Waals surface area contributed by atoms with Gasteiger partial charge in [0.05, 0.1) is 6.54 Å². The van der Waals surface area contributed by atoms with Crippen molar-refractivity contribution in [2.45, 2.75) is 20.8 Å². The maximum atomic E-state index is 5.13. The van der Waals surface area contributed by atoms with Crippen LogP contribution in [-0.2, 0) is 4.84 Å². The predicted octanol–water partition coefficient (Wildman–Crippen LogP) is 1.45. The van der Waals surface area contributed by atoms with Crippen molar-refractivity contribution in [3.8, 4) is 0 Å². The molecule has 2 heteroatoms. The molecule has 9 heavy (non-hydrogen) atoms. The normalized spacial score (nSPS) is 19.2. The zero-order valence-electron chi connectivity index (χ0n) is 6.19. The van der Waals surface area contributed by atoms with Gasteiger partial charge in [0.1, 0.15) is 5.76 Å². The van der Waals surface area contributed by atoms with Crippen molar-refractivity contribution in [3.63, 3.8) is 0 Å². The maximum Gasteiger partial charge on any atom is 0.127 e. The molecule has 1 rings (SSSR count). The SMILES string of the molecule is CC(C)(C)C1=CCNO1. The van der Waals surface area contributed by atoms with Crippen LogP contribution in [0, 0.1) is 5.41 Å². The first-order valence-corrected chi connectivity index (χ1v) is 3.21. The van der Waals surface area contributed by atoms with E-state index in [0.717, 1.165) is 12.3 Å². The highest BCUT2D eigenvalue weighted by Gasteiger charge is 2.21. The van der Waals surface area contributed by atoms with Crippen LogP contribution in [0.3, 0.4) is 0 Å². The van der Waals surface area contributed by atoms with Crippen molar-refractivity contribution in [3.05, 3.63) is 11.8 Å². The van der Waals surface area contributed by atoms with E-state index in [9.17, 15) is 0 Å². The minimum Gasteiger partial charge on any atom is -0.413 e. The van der Waals surface area contributed by atoms with Crippen molar-refractivity contribution >= 4 is 0 Å². The molecule has 0 unspecified atom stereocenters. The Bertz CT molecular complexity index is 132. The number of hydrogen-bond acceptors (Lipinski definition) is 2. The summed E-state index contributed by atoms with van der Waals surface area (Å²) < 4.78 is 0. The van der Waals surface area contributed by atoms with Crippen LogP contribution in [0.1, 0.15) is 20.8 Å². The molecule has 1 aliphatic rings. The first-order chi connectivity index (χ1) is 4.11. The molecule has 0 aromatic carbocycles. The summed E-state index contributed by atoms with van der Waals surface area (Å²) in [6.45, 7) is 7.23. The fraction of sp³-hybridized carbons (Fsp3) is 0.714. The molecule has 0 bridgehead atoms. The molecule has 0 spiro atoms. The fourth-order valence-electron chi connectivity index (χ4n) is 0.755. The van der Waals surface area contributed by atoms with Crippen LogP contribution in [0.15, 0.2) is 11.8 Å². The van der Waals surface area contributed by atoms with E-state index in [2.05, 4.69) is 32.3 Å². The summed E-state index contributed by atoms with van der Waals surface area (Å²) in [6.07, 6.45) is 2.07. The Labute approximate surface area is 55.9 Å². The lowest BCUT2D eigenvalue weighted by atomic mass is 9.94. The van der Waals surface area contributed by atoms with Gasteiger partial charge < -0.3 is 4.84 Å². The summed E-state index contributed by atoms with van der Waals surface area (Å²) >= 11 is 0. The van der Waals surface area contributed by atoms with Crippen molar-refractivity contribution in [2.24, 2.45) is 5.41 Å². The van der Waals surface area contributed by atoms with Gasteiger partial charge >= 0.3 is 0 Å². The van der Waals surface area contributed by atoms with E-state index in [1.807, 2.05) is 0 Å². The molecular weight excluding hydrogens is 114 g/mol. The molecule has 0 saturated heterocycles. The lowest BCUT2D eigenvalue weighted by molar-refractivity contribution is 0.0964. The van der Waals surface area contributed by atoms with E-state index in [1.54, 1.807) is 0 Å². The predicted molar refractivity (Wildman–Crippen MR) is 36.6 cm³/mol. The molecule has 0 fully saturated rings. The van der Waals surface area contributed by atoms with Crippen LogP contribution < -0.4 is 5.48 Å². The minimum atomic E-state index is 0.156. The van der Waals surface area contributed by atoms with Crippen molar-refractivity contribution in [1.82, 2.24) is 5.48 Å². The van der Waals surface area contributed by atoms with Crippen LogP contribution in [0.25, 0.3) is 0 Å². The third-order valence-corrected chi connectivity index (χ3v) is 1.29. The third-order valence-electron chi connectivity index (χ3n) is 1.29. The summed E-state index contributed by atoms with van der Waals surface area (Å²) in [7, 11) is 0. The monoisotopic (exact) mass is 127 g/mol. The van der Waals surface area contributed by atoms with Gasteiger partial charge in [-0.2, -0.15) is 5.48 Å². The van der Waals surface area contributed by atoms with Crippen molar-refractivity contribution in [2.75, 3.05) is 6.54 Å². The average Bonchev–Trinajstić information content (AvgIpc) is 2.08. The Morgan fingerprint density at radius 1 is 1.56 bits per heavy atom. The lowest BCUT2D eigenvalue weighted by Gasteiger charge is -2.17. The van der Waals surface area contributed by atoms with Gasteiger partial charge in [-0.05, 0) is 6.08 Å². The summed E-state index contributed by atoms with van der Waals surface area (Å²) in [4.78, 5) is 5.13. The Hall–Kier alpha value is -0.500. The highest BCUT2D eigenvalue weighted by atomic mass is 16.7. The molecule has 0 saturated carbocycles. The quantitative estimate of drug-likeness (QED) is 0.531. The van der Waals surface area contributed by atoms with Gasteiger partial charge in [-0.1, -0.05) is 20.8 Å². The molecule has 0 amide bonds. The first-order valence-electron chi connectivity index (χ1n) is 3.21. The molecule has 52 valence electrons. The molecule has 0 atom stereocenters. The van der Waals surface area contributed by atoms with Crippen LogP contribution in [0.4, 0.5) is 0 Å². The number of allylic oxidation sites excluding steroid dienone is 1. The van der Waals surface area contributed by atoms with Gasteiger partial charge in [-0.25, -0.2) is 0 Å². The van der Waals surface area contributed by atoms with E-state index in [0.29, 0.717) is 0 Å². The smallest absolute Gasteiger partial charge is 0.127 e. The van der Waals surface area contributed by atoms with E-state index >= 15 is 0 Å². The fourth-order valence-corrected chi connectivity index (χ4v) is 0.755. The molecule has 0 radical (unpaired) electrons. The second kappa shape index (κ2) is 2.03. The van der Waals surface area contributed by atoms with E-state index in [4.69, 9.17) is 4.84 Å². The molecule has 0 aromatic heterocycles. The molecule has 1 aliphatic heterocycles. The second-order valence-corrected chi connectivity index (χ2v) is 3.27. The zero-order valence-corrected chi connectivity index (χ0v) is 6.19. The highest BCUT2D eigenvalue weighted by molar-refractivity contribution is 5.06. The van der Waals surface area contributed by atoms with E-state index in [1.165, 1.54) is 0 Å². The average molecular weight is 127 g/mol. The van der Waals surface area contributed by atoms with Gasteiger partial charge in [-0.15, -0.1) is 0 Å². The minimum absolute atomic E-state index is 0.156. The number of nitrogens with one attached hydrogen (secondary N) is 1. The van der Waals surface area contributed by atoms with E-state index < -0.39 is 0 Å². The molecule has 0 aliphatic carbocycles. The van der Waals surface area contributed by atoms with Crippen LogP contribution >= 0.6 is 0 Å². The molecule has 0 aromatic rings. The summed E-state index contributed by atoms with van der Waals surface area (Å²) in [6, 6.07) is 0. The van der Waals surface area contributed by atoms with Crippen molar-refractivity contribution in [1.29, 1.82) is 0 Å². The zero-order chi connectivity index (χ0) is 6.91. The summed E-state index contributed by atoms with van der Waals surface area (Å²) in [5, 5.41) is 0.